The van der Waals surface area contributed by atoms with Crippen LogP contribution in [0.25, 0.3) is 11.2 Å². The van der Waals surface area contributed by atoms with Crippen molar-refractivity contribution >= 4 is 23.6 Å². The second kappa shape index (κ2) is 9.65. The summed E-state index contributed by atoms with van der Waals surface area (Å²) in [4.78, 5) is 36.9. The van der Waals surface area contributed by atoms with Crippen LogP contribution in [0.1, 0.15) is 32.0 Å². The lowest BCUT2D eigenvalue weighted by molar-refractivity contribution is 0.286. The minimum Gasteiger partial charge on any atom is -0.339 e. The molecule has 11 heteroatoms. The van der Waals surface area contributed by atoms with Gasteiger partial charge in [0.15, 0.2) is 17.0 Å². The molecule has 0 fully saturated rings. The zero-order valence-electron chi connectivity index (χ0n) is 16.3. The highest BCUT2D eigenvalue weighted by Gasteiger charge is 2.12. The van der Waals surface area contributed by atoms with Gasteiger partial charge in [0, 0.05) is 33.0 Å². The Labute approximate surface area is 168 Å². The van der Waals surface area contributed by atoms with Gasteiger partial charge in [0.05, 0.1) is 6.33 Å². The number of hydrogen-bond acceptors (Lipinski definition) is 7. The average Bonchev–Trinajstić information content (AvgIpc) is 3.28. The topological polar surface area (TPSA) is 115 Å². The van der Waals surface area contributed by atoms with Gasteiger partial charge in [-0.05, 0) is 19.5 Å². The van der Waals surface area contributed by atoms with E-state index in [0.717, 1.165) is 32.5 Å². The molecule has 3 rings (SSSR count). The molecule has 0 unspecified atom stereocenters. The fourth-order valence-electron chi connectivity index (χ4n) is 3.05. The lowest BCUT2D eigenvalue weighted by Gasteiger charge is -2.15. The first-order valence-electron chi connectivity index (χ1n) is 9.21. The highest BCUT2D eigenvalue weighted by molar-refractivity contribution is 5.85. The normalized spacial score (nSPS) is 11.3. The second-order valence-corrected chi connectivity index (χ2v) is 6.41. The van der Waals surface area contributed by atoms with E-state index in [1.54, 1.807) is 17.9 Å². The van der Waals surface area contributed by atoms with Crippen molar-refractivity contribution in [1.82, 2.24) is 34.1 Å². The lowest BCUT2D eigenvalue weighted by Crippen LogP contribution is -2.29. The van der Waals surface area contributed by atoms with E-state index in [9.17, 15) is 9.59 Å². The van der Waals surface area contributed by atoms with Crippen LogP contribution in [0.2, 0.25) is 0 Å². The summed E-state index contributed by atoms with van der Waals surface area (Å²) in [5.41, 5.74) is -0.127. The molecular weight excluding hydrogens is 386 g/mol. The number of aryl methyl sites for hydroxylation is 3. The highest BCUT2D eigenvalue weighted by atomic mass is 35.5. The minimum absolute atomic E-state index is 0. The van der Waals surface area contributed by atoms with E-state index in [1.807, 2.05) is 0 Å². The average molecular weight is 412 g/mol. The number of rotatable bonds is 9. The molecule has 1 N–H and O–H groups in total. The summed E-state index contributed by atoms with van der Waals surface area (Å²) in [5.74, 6) is 1.31. The fraction of sp³-hybridized carbons (Fsp3) is 0.588. The number of halogens is 1. The number of nitrogens with zero attached hydrogens (tertiary/aromatic N) is 6. The molecule has 28 heavy (non-hydrogen) atoms. The molecule has 0 radical (unpaired) electrons. The van der Waals surface area contributed by atoms with E-state index in [0.29, 0.717) is 35.8 Å². The Morgan fingerprint density at radius 3 is 2.68 bits per heavy atom. The van der Waals surface area contributed by atoms with Crippen LogP contribution in [0.15, 0.2) is 20.4 Å². The molecule has 10 nitrogen and oxygen atoms in total. The highest BCUT2D eigenvalue weighted by Crippen LogP contribution is 2.08. The predicted octanol–water partition coefficient (Wildman–Crippen LogP) is 0.745. The monoisotopic (exact) mass is 411 g/mol. The van der Waals surface area contributed by atoms with Crippen molar-refractivity contribution in [3.8, 4) is 0 Å². The van der Waals surface area contributed by atoms with Crippen LogP contribution in [0.4, 0.5) is 0 Å². The quantitative estimate of drug-likeness (QED) is 0.552. The SMILES string of the molecule is CCN(CC)CCc1nc(CCCn2cnc3c2c(=O)[nH]c(=O)n3C)no1.Cl. The van der Waals surface area contributed by atoms with Gasteiger partial charge in [0.1, 0.15) is 0 Å². The van der Waals surface area contributed by atoms with Crippen molar-refractivity contribution in [2.45, 2.75) is 39.7 Å². The van der Waals surface area contributed by atoms with Gasteiger partial charge in [-0.3, -0.25) is 14.3 Å². The predicted molar refractivity (Wildman–Crippen MR) is 107 cm³/mol. The van der Waals surface area contributed by atoms with E-state index in [4.69, 9.17) is 4.52 Å². The third kappa shape index (κ3) is 4.68. The van der Waals surface area contributed by atoms with Crippen molar-refractivity contribution in [3.63, 3.8) is 0 Å². The molecule has 3 aromatic heterocycles. The third-order valence-corrected chi connectivity index (χ3v) is 4.72. The van der Waals surface area contributed by atoms with E-state index in [1.165, 1.54) is 4.57 Å². The van der Waals surface area contributed by atoms with Gasteiger partial charge in [0.2, 0.25) is 5.89 Å². The van der Waals surface area contributed by atoms with Crippen LogP contribution < -0.4 is 11.2 Å². The molecule has 0 aliphatic heterocycles. The summed E-state index contributed by atoms with van der Waals surface area (Å²) in [6.45, 7) is 7.73. The van der Waals surface area contributed by atoms with Crippen molar-refractivity contribution in [2.24, 2.45) is 7.05 Å². The first kappa shape index (κ1) is 21.8. The summed E-state index contributed by atoms with van der Waals surface area (Å²) >= 11 is 0. The molecule has 0 aromatic carbocycles. The Hall–Kier alpha value is -2.46. The second-order valence-electron chi connectivity index (χ2n) is 6.41. The molecule has 3 heterocycles. The van der Waals surface area contributed by atoms with Crippen LogP contribution in [0.3, 0.4) is 0 Å². The minimum atomic E-state index is -0.471. The summed E-state index contributed by atoms with van der Waals surface area (Å²) in [6.07, 6.45) is 3.68. The first-order valence-corrected chi connectivity index (χ1v) is 9.21. The number of fused-ring (bicyclic) bond motifs is 1. The number of aromatic nitrogens is 6. The van der Waals surface area contributed by atoms with Gasteiger partial charge in [-0.2, -0.15) is 4.98 Å². The number of likely N-dealkylation sites (N-methyl/N-ethyl adjacent to an activating group) is 1. The zero-order chi connectivity index (χ0) is 19.4. The standard InChI is InChI=1S/C17H25N7O3.ClH/c1-4-23(5-2)10-8-13-19-12(21-27-13)7-6-9-24-11-18-15-14(24)16(25)20-17(26)22(15)3;/h11H,4-10H2,1-3H3,(H,20,25,26);1H. The van der Waals surface area contributed by atoms with Gasteiger partial charge in [-0.1, -0.05) is 19.0 Å². The van der Waals surface area contributed by atoms with Gasteiger partial charge in [-0.25, -0.2) is 9.78 Å². The molecule has 0 saturated heterocycles. The van der Waals surface area contributed by atoms with Gasteiger partial charge >= 0.3 is 5.69 Å². The molecule has 154 valence electrons. The van der Waals surface area contributed by atoms with Crippen LogP contribution in [0, 0.1) is 0 Å². The molecule has 0 atom stereocenters. The van der Waals surface area contributed by atoms with Gasteiger partial charge in [-0.15, -0.1) is 12.4 Å². The lowest BCUT2D eigenvalue weighted by atomic mass is 10.3. The Bertz CT molecular complexity index is 1020. The molecule has 0 spiro atoms. The Balaban J connectivity index is 0.00000280. The Kier molecular flexibility index (Phi) is 7.53. The number of nitrogens with one attached hydrogen (secondary N) is 1. The van der Waals surface area contributed by atoms with Gasteiger partial charge in [0.25, 0.3) is 5.56 Å². The molecule has 0 saturated carbocycles. The number of imidazole rings is 1. The van der Waals surface area contributed by atoms with E-state index in [2.05, 4.69) is 38.9 Å². The first-order chi connectivity index (χ1) is 13.0. The third-order valence-electron chi connectivity index (χ3n) is 4.72. The van der Waals surface area contributed by atoms with Gasteiger partial charge < -0.3 is 14.0 Å². The van der Waals surface area contributed by atoms with E-state index >= 15 is 0 Å². The number of hydrogen-bond donors (Lipinski definition) is 1. The summed E-state index contributed by atoms with van der Waals surface area (Å²) in [6, 6.07) is 0. The molecular formula is C17H26ClN7O3. The van der Waals surface area contributed by atoms with Crippen LogP contribution in [0.5, 0.6) is 0 Å². The molecule has 0 amide bonds. The number of H-pyrrole nitrogens is 1. The zero-order valence-corrected chi connectivity index (χ0v) is 17.2. The maximum Gasteiger partial charge on any atom is 0.329 e. The molecule has 0 aliphatic rings. The van der Waals surface area contributed by atoms with E-state index in [-0.39, 0.29) is 12.4 Å². The molecule has 0 aliphatic carbocycles. The van der Waals surface area contributed by atoms with Crippen LogP contribution in [-0.4, -0.2) is 53.8 Å². The maximum atomic E-state index is 12.1. The molecule has 0 bridgehead atoms. The largest absolute Gasteiger partial charge is 0.339 e. The van der Waals surface area contributed by atoms with Crippen molar-refractivity contribution < 1.29 is 4.52 Å². The summed E-state index contributed by atoms with van der Waals surface area (Å²) < 4.78 is 8.38. The summed E-state index contributed by atoms with van der Waals surface area (Å²) in [7, 11) is 1.58. The Morgan fingerprint density at radius 1 is 1.21 bits per heavy atom. The molecule has 3 aromatic rings. The van der Waals surface area contributed by atoms with Crippen LogP contribution >= 0.6 is 12.4 Å². The van der Waals surface area contributed by atoms with Crippen molar-refractivity contribution in [2.75, 3.05) is 19.6 Å². The Morgan fingerprint density at radius 2 is 1.96 bits per heavy atom. The van der Waals surface area contributed by atoms with Crippen molar-refractivity contribution in [1.29, 1.82) is 0 Å². The van der Waals surface area contributed by atoms with Crippen LogP contribution in [-0.2, 0) is 26.4 Å². The smallest absolute Gasteiger partial charge is 0.329 e. The maximum absolute atomic E-state index is 12.1. The fourth-order valence-corrected chi connectivity index (χ4v) is 3.05. The summed E-state index contributed by atoms with van der Waals surface area (Å²) in [5, 5.41) is 4.03. The van der Waals surface area contributed by atoms with E-state index < -0.39 is 11.2 Å². The number of aromatic amines is 1. The van der Waals surface area contributed by atoms with Crippen molar-refractivity contribution in [3.05, 3.63) is 38.9 Å².